The zero-order valence-corrected chi connectivity index (χ0v) is 13.3. The number of anilines is 1. The van der Waals surface area contributed by atoms with Crippen LogP contribution in [0.2, 0.25) is 5.28 Å². The smallest absolute Gasteiger partial charge is 0.226 e. The van der Waals surface area contributed by atoms with Crippen LogP contribution in [0, 0.1) is 0 Å². The molecular weight excluding hydrogens is 329 g/mol. The maximum atomic E-state index is 14.3. The highest BCUT2D eigenvalue weighted by atomic mass is 35.5. The highest BCUT2D eigenvalue weighted by molar-refractivity contribution is 6.28. The lowest BCUT2D eigenvalue weighted by Gasteiger charge is -2.15. The van der Waals surface area contributed by atoms with Crippen molar-refractivity contribution in [3.05, 3.63) is 11.6 Å². The Labute approximate surface area is 136 Å². The van der Waals surface area contributed by atoms with E-state index in [9.17, 15) is 9.50 Å². The number of aromatic nitrogens is 4. The van der Waals surface area contributed by atoms with Gasteiger partial charge in [0.15, 0.2) is 29.4 Å². The second-order valence-corrected chi connectivity index (χ2v) is 5.99. The molecule has 0 aromatic carbocycles. The Morgan fingerprint density at radius 1 is 1.48 bits per heavy atom. The van der Waals surface area contributed by atoms with Gasteiger partial charge < -0.3 is 20.3 Å². The fourth-order valence-electron chi connectivity index (χ4n) is 2.53. The average molecular weight is 346 g/mol. The molecule has 2 aromatic heterocycles. The molecule has 3 N–H and O–H groups in total. The molecule has 8 nitrogen and oxygen atoms in total. The predicted molar refractivity (Wildman–Crippen MR) is 81.0 cm³/mol. The number of nitrogens with one attached hydrogen (secondary N) is 1. The highest BCUT2D eigenvalue weighted by Crippen LogP contribution is 2.34. The third kappa shape index (κ3) is 2.85. The molecule has 23 heavy (non-hydrogen) atoms. The van der Waals surface area contributed by atoms with E-state index in [1.54, 1.807) is 0 Å². The predicted octanol–water partition coefficient (Wildman–Crippen LogP) is 0.889. The van der Waals surface area contributed by atoms with Crippen LogP contribution in [-0.2, 0) is 4.74 Å². The summed E-state index contributed by atoms with van der Waals surface area (Å²) >= 11 is 5.94. The van der Waals surface area contributed by atoms with Crippen molar-refractivity contribution in [1.29, 1.82) is 0 Å². The molecule has 0 saturated carbocycles. The summed E-state index contributed by atoms with van der Waals surface area (Å²) in [6.45, 7) is 3.37. The van der Waals surface area contributed by atoms with Crippen molar-refractivity contribution in [3.63, 3.8) is 0 Å². The number of hydrogen-bond donors (Lipinski definition) is 3. The van der Waals surface area contributed by atoms with Crippen LogP contribution in [0.15, 0.2) is 6.33 Å². The van der Waals surface area contributed by atoms with Crippen molar-refractivity contribution >= 4 is 28.6 Å². The Morgan fingerprint density at radius 3 is 2.83 bits per heavy atom. The highest BCUT2D eigenvalue weighted by Gasteiger charge is 2.45. The van der Waals surface area contributed by atoms with E-state index in [0.717, 1.165) is 0 Å². The van der Waals surface area contributed by atoms with Crippen LogP contribution in [-0.4, -0.2) is 60.8 Å². The van der Waals surface area contributed by atoms with Crippen LogP contribution >= 0.6 is 11.6 Å². The summed E-state index contributed by atoms with van der Waals surface area (Å²) in [5.41, 5.74) is 0.701. The van der Waals surface area contributed by atoms with E-state index in [0.29, 0.717) is 11.3 Å². The molecule has 1 aliphatic rings. The number of halogens is 2. The SMILES string of the molecule is CC(C)Nc1nc(Cl)nc2c1ncn2[C@@H]1O[C@H](CO)[C@@H](O)[C@@H]1F. The summed E-state index contributed by atoms with van der Waals surface area (Å²) in [5.74, 6) is 0.432. The second-order valence-electron chi connectivity index (χ2n) is 5.65. The molecule has 1 aliphatic heterocycles. The topological polar surface area (TPSA) is 105 Å². The first-order chi connectivity index (χ1) is 10.9. The first-order valence-corrected chi connectivity index (χ1v) is 7.55. The Morgan fingerprint density at radius 2 is 2.22 bits per heavy atom. The van der Waals surface area contributed by atoms with E-state index in [4.69, 9.17) is 21.4 Å². The fraction of sp³-hybridized carbons (Fsp3) is 0.615. The molecule has 3 heterocycles. The molecule has 126 valence electrons. The third-order valence-corrected chi connectivity index (χ3v) is 3.74. The van der Waals surface area contributed by atoms with Crippen molar-refractivity contribution < 1.29 is 19.3 Å². The van der Waals surface area contributed by atoms with E-state index in [1.165, 1.54) is 10.9 Å². The number of ether oxygens (including phenoxy) is 1. The molecule has 0 amide bonds. The second kappa shape index (κ2) is 6.16. The maximum absolute atomic E-state index is 14.3. The summed E-state index contributed by atoms with van der Waals surface area (Å²) in [6.07, 6.45) is -3.94. The van der Waals surface area contributed by atoms with Gasteiger partial charge in [0.25, 0.3) is 0 Å². The van der Waals surface area contributed by atoms with Crippen LogP contribution < -0.4 is 5.32 Å². The van der Waals surface area contributed by atoms with E-state index in [1.807, 2.05) is 13.8 Å². The van der Waals surface area contributed by atoms with Crippen molar-refractivity contribution in [1.82, 2.24) is 19.5 Å². The first kappa shape index (κ1) is 16.3. The molecule has 0 radical (unpaired) electrons. The van der Waals surface area contributed by atoms with Gasteiger partial charge in [-0.1, -0.05) is 0 Å². The van der Waals surface area contributed by atoms with Gasteiger partial charge >= 0.3 is 0 Å². The van der Waals surface area contributed by atoms with Crippen molar-refractivity contribution in [2.45, 2.75) is 44.5 Å². The Balaban J connectivity index is 2.04. The summed E-state index contributed by atoms with van der Waals surface area (Å²) in [7, 11) is 0. The number of hydrogen-bond acceptors (Lipinski definition) is 7. The summed E-state index contributed by atoms with van der Waals surface area (Å²) in [5, 5.41) is 22.0. The summed E-state index contributed by atoms with van der Waals surface area (Å²) in [4.78, 5) is 12.4. The maximum Gasteiger partial charge on any atom is 0.226 e. The van der Waals surface area contributed by atoms with Gasteiger partial charge in [0, 0.05) is 6.04 Å². The minimum atomic E-state index is -1.72. The zero-order valence-electron chi connectivity index (χ0n) is 12.5. The Hall–Kier alpha value is -1.55. The Kier molecular flexibility index (Phi) is 4.37. The van der Waals surface area contributed by atoms with Crippen molar-refractivity contribution in [2.75, 3.05) is 11.9 Å². The number of aliphatic hydroxyl groups excluding tert-OH is 2. The van der Waals surface area contributed by atoms with Crippen LogP contribution in [0.5, 0.6) is 0 Å². The molecule has 1 saturated heterocycles. The molecule has 2 aromatic rings. The van der Waals surface area contributed by atoms with E-state index >= 15 is 0 Å². The fourth-order valence-corrected chi connectivity index (χ4v) is 2.69. The number of alkyl halides is 1. The largest absolute Gasteiger partial charge is 0.394 e. The molecule has 0 aliphatic carbocycles. The number of rotatable bonds is 4. The molecule has 10 heteroatoms. The minimum absolute atomic E-state index is 0.0185. The van der Waals surface area contributed by atoms with Crippen LogP contribution in [0.3, 0.4) is 0 Å². The summed E-state index contributed by atoms with van der Waals surface area (Å²) < 4.78 is 21.0. The van der Waals surface area contributed by atoms with Gasteiger partial charge in [-0.15, -0.1) is 0 Å². The van der Waals surface area contributed by atoms with Gasteiger partial charge in [-0.2, -0.15) is 9.97 Å². The number of nitrogens with zero attached hydrogens (tertiary/aromatic N) is 4. The molecule has 1 fully saturated rings. The van der Waals surface area contributed by atoms with Gasteiger partial charge in [-0.25, -0.2) is 9.37 Å². The molecule has 3 rings (SSSR count). The van der Waals surface area contributed by atoms with Crippen LogP contribution in [0.1, 0.15) is 20.1 Å². The monoisotopic (exact) mass is 345 g/mol. The number of fused-ring (bicyclic) bond motifs is 1. The summed E-state index contributed by atoms with van der Waals surface area (Å²) in [6, 6.07) is 0.0894. The van der Waals surface area contributed by atoms with Gasteiger partial charge in [-0.3, -0.25) is 4.57 Å². The van der Waals surface area contributed by atoms with Crippen molar-refractivity contribution in [3.8, 4) is 0 Å². The molecule has 0 unspecified atom stereocenters. The molecular formula is C13H17ClFN5O3. The van der Waals surface area contributed by atoms with Crippen LogP contribution in [0.4, 0.5) is 10.2 Å². The van der Waals surface area contributed by atoms with Crippen LogP contribution in [0.25, 0.3) is 11.2 Å². The van der Waals surface area contributed by atoms with Gasteiger partial charge in [0.2, 0.25) is 5.28 Å². The molecule has 4 atom stereocenters. The van der Waals surface area contributed by atoms with E-state index in [2.05, 4.69) is 20.3 Å². The normalized spacial score (nSPS) is 28.0. The Bertz CT molecular complexity index is 712. The van der Waals surface area contributed by atoms with Gasteiger partial charge in [0.1, 0.15) is 12.2 Å². The van der Waals surface area contributed by atoms with E-state index in [-0.39, 0.29) is 17.0 Å². The molecule has 0 spiro atoms. The lowest BCUT2D eigenvalue weighted by molar-refractivity contribution is -0.0459. The number of aliphatic hydroxyl groups is 2. The lowest BCUT2D eigenvalue weighted by atomic mass is 10.1. The van der Waals surface area contributed by atoms with Gasteiger partial charge in [0.05, 0.1) is 12.9 Å². The lowest BCUT2D eigenvalue weighted by Crippen LogP contribution is -2.30. The zero-order chi connectivity index (χ0) is 16.7. The van der Waals surface area contributed by atoms with E-state index < -0.39 is 31.2 Å². The quantitative estimate of drug-likeness (QED) is 0.707. The molecule has 0 bridgehead atoms. The third-order valence-electron chi connectivity index (χ3n) is 3.57. The minimum Gasteiger partial charge on any atom is -0.394 e. The first-order valence-electron chi connectivity index (χ1n) is 7.17. The average Bonchev–Trinajstić information content (AvgIpc) is 3.01. The standard InChI is InChI=1S/C13H17ClFN5O3/c1-5(2)17-10-8-11(19-13(14)18-10)20(4-16-8)12-7(15)9(22)6(3-21)23-12/h4-7,9,12,21-22H,3H2,1-2H3,(H,17,18,19)/t6-,7+,9-,12-/m1/s1. The number of imidazole rings is 1. The van der Waals surface area contributed by atoms with Crippen molar-refractivity contribution in [2.24, 2.45) is 0 Å². The van der Waals surface area contributed by atoms with Gasteiger partial charge in [-0.05, 0) is 25.4 Å².